The number of thiophene rings is 1. The van der Waals surface area contributed by atoms with E-state index in [1.54, 1.807) is 0 Å². The quantitative estimate of drug-likeness (QED) is 0.182. The van der Waals surface area contributed by atoms with E-state index in [-0.39, 0.29) is 5.41 Å². The second-order valence-corrected chi connectivity index (χ2v) is 15.2. The van der Waals surface area contributed by atoms with Gasteiger partial charge in [-0.1, -0.05) is 124 Å². The minimum Gasteiger partial charge on any atom is -0.314 e. The average Bonchev–Trinajstić information content (AvgIpc) is 3.61. The van der Waals surface area contributed by atoms with Gasteiger partial charge < -0.3 is 4.90 Å². The predicted octanol–water partition coefficient (Wildman–Crippen LogP) is 13.1. The van der Waals surface area contributed by atoms with E-state index in [1.165, 1.54) is 76.2 Å². The van der Waals surface area contributed by atoms with Crippen LogP contribution in [0.3, 0.4) is 0 Å². The van der Waals surface area contributed by atoms with E-state index in [0.29, 0.717) is 11.8 Å². The topological polar surface area (TPSA) is 3.24 Å². The summed E-state index contributed by atoms with van der Waals surface area (Å²) in [5.41, 5.74) is 13.4. The number of hydrogen-bond donors (Lipinski definition) is 0. The molecule has 0 N–H and O–H groups in total. The Labute approximate surface area is 287 Å². The first kappa shape index (κ1) is 29.2. The molecule has 0 amide bonds. The van der Waals surface area contributed by atoms with Gasteiger partial charge in [0, 0.05) is 48.6 Å². The molecule has 6 aromatic rings. The number of benzene rings is 5. The first-order valence-corrected chi connectivity index (χ1v) is 18.1. The summed E-state index contributed by atoms with van der Waals surface area (Å²) in [6.45, 7) is 7.07. The summed E-state index contributed by atoms with van der Waals surface area (Å²) >= 11 is 1.90. The smallest absolute Gasteiger partial charge is 0.0461 e. The van der Waals surface area contributed by atoms with Gasteiger partial charge in [-0.3, -0.25) is 0 Å². The molecule has 9 rings (SSSR count). The van der Waals surface area contributed by atoms with Crippen LogP contribution in [0.5, 0.6) is 0 Å². The summed E-state index contributed by atoms with van der Waals surface area (Å²) in [5, 5.41) is 2.76. The highest BCUT2D eigenvalue weighted by atomic mass is 32.1. The van der Waals surface area contributed by atoms with Crippen molar-refractivity contribution in [2.75, 3.05) is 4.90 Å². The van der Waals surface area contributed by atoms with E-state index >= 15 is 0 Å². The van der Waals surface area contributed by atoms with Crippen molar-refractivity contribution in [2.45, 2.75) is 44.9 Å². The molecule has 0 spiro atoms. The lowest BCUT2D eigenvalue weighted by molar-refractivity contribution is 0.635. The maximum absolute atomic E-state index is 2.53. The van der Waals surface area contributed by atoms with Gasteiger partial charge in [0.05, 0.1) is 0 Å². The first-order valence-electron chi connectivity index (χ1n) is 17.3. The van der Waals surface area contributed by atoms with E-state index in [9.17, 15) is 0 Å². The Balaban J connectivity index is 1.17. The molecule has 0 saturated carbocycles. The van der Waals surface area contributed by atoms with Crippen LogP contribution >= 0.6 is 11.3 Å². The second kappa shape index (κ2) is 11.4. The summed E-state index contributed by atoms with van der Waals surface area (Å²) < 4.78 is 2.73. The summed E-state index contributed by atoms with van der Waals surface area (Å²) in [7, 11) is 0. The van der Waals surface area contributed by atoms with Crippen molar-refractivity contribution in [3.8, 4) is 11.1 Å². The second-order valence-electron chi connectivity index (χ2n) is 14.1. The molecular formula is C46H39NS. The largest absolute Gasteiger partial charge is 0.314 e. The van der Waals surface area contributed by atoms with E-state index in [2.05, 4.69) is 171 Å². The van der Waals surface area contributed by atoms with E-state index in [0.717, 1.165) is 12.8 Å². The molecule has 0 aliphatic heterocycles. The van der Waals surface area contributed by atoms with Crippen LogP contribution in [0.2, 0.25) is 0 Å². The lowest BCUT2D eigenvalue weighted by Crippen LogP contribution is -2.20. The zero-order valence-electron chi connectivity index (χ0n) is 27.8. The lowest BCUT2D eigenvalue weighted by atomic mass is 9.82. The number of nitrogens with zero attached hydrogens (tertiary/aromatic N) is 1. The number of fused-ring (bicyclic) bond motifs is 6. The fraction of sp³-hybridized carbons (Fsp3) is 0.174. The maximum Gasteiger partial charge on any atom is 0.0461 e. The van der Waals surface area contributed by atoms with Gasteiger partial charge in [-0.15, -0.1) is 11.3 Å². The van der Waals surface area contributed by atoms with Gasteiger partial charge in [0.25, 0.3) is 0 Å². The summed E-state index contributed by atoms with van der Waals surface area (Å²) in [5.74, 6) is 0.839. The molecule has 0 saturated heterocycles. The molecule has 48 heavy (non-hydrogen) atoms. The zero-order valence-corrected chi connectivity index (χ0v) is 28.6. The molecule has 1 heterocycles. The normalized spacial score (nSPS) is 19.2. The Kier molecular flexibility index (Phi) is 6.92. The van der Waals surface area contributed by atoms with Gasteiger partial charge in [-0.2, -0.15) is 0 Å². The van der Waals surface area contributed by atoms with E-state index in [1.807, 2.05) is 11.3 Å². The average molecular weight is 638 g/mol. The lowest BCUT2D eigenvalue weighted by Gasteiger charge is -2.32. The molecule has 5 aromatic carbocycles. The maximum atomic E-state index is 2.53. The minimum atomic E-state index is -0.0554. The standard InChI is InChI=1S/C46H39NS/c1-30-12-4-5-15-36(30)32-13-10-14-34(28-32)47(35-26-27-39-38-16-6-8-19-41(38)46(2,3)42(39)29-35)33-24-22-31(23-25-33)37-18-11-21-44-45(37)40-17-7-9-20-43(40)48-44/h4-22,24,26-30,36H,23,25H2,1-3H3. The SMILES string of the molecule is CC1C=CC=CC1c1cccc(N(C2=CC=C(c3cccc4sc5ccccc5c34)CC2)c2ccc3c(c2)C(C)(C)c2ccccc2-3)c1. The molecule has 1 aromatic heterocycles. The Morgan fingerprint density at radius 3 is 2.27 bits per heavy atom. The van der Waals surface area contributed by atoms with Crippen molar-refractivity contribution in [2.24, 2.45) is 5.92 Å². The van der Waals surface area contributed by atoms with Crippen LogP contribution in [-0.4, -0.2) is 0 Å². The van der Waals surface area contributed by atoms with Gasteiger partial charge in [0.2, 0.25) is 0 Å². The van der Waals surface area contributed by atoms with Gasteiger partial charge in [0.1, 0.15) is 0 Å². The van der Waals surface area contributed by atoms with Crippen LogP contribution in [-0.2, 0) is 5.41 Å². The highest BCUT2D eigenvalue weighted by molar-refractivity contribution is 7.25. The van der Waals surface area contributed by atoms with Crippen LogP contribution in [0.1, 0.15) is 61.8 Å². The molecule has 0 fully saturated rings. The number of hydrogen-bond acceptors (Lipinski definition) is 2. The van der Waals surface area contributed by atoms with Gasteiger partial charge >= 0.3 is 0 Å². The van der Waals surface area contributed by atoms with Crippen molar-refractivity contribution >= 4 is 48.5 Å². The summed E-state index contributed by atoms with van der Waals surface area (Å²) in [6, 6.07) is 41.0. The molecule has 1 nitrogen and oxygen atoms in total. The Bertz CT molecular complexity index is 2360. The van der Waals surface area contributed by atoms with Crippen LogP contribution in [0.25, 0.3) is 36.9 Å². The van der Waals surface area contributed by atoms with Crippen LogP contribution in [0.15, 0.2) is 151 Å². The predicted molar refractivity (Wildman–Crippen MR) is 207 cm³/mol. The van der Waals surface area contributed by atoms with E-state index in [4.69, 9.17) is 0 Å². The van der Waals surface area contributed by atoms with Crippen molar-refractivity contribution in [1.82, 2.24) is 0 Å². The van der Waals surface area contributed by atoms with Gasteiger partial charge in [-0.05, 0) is 100 Å². The molecule has 3 aliphatic rings. The monoisotopic (exact) mass is 637 g/mol. The number of anilines is 2. The summed E-state index contributed by atoms with van der Waals surface area (Å²) in [4.78, 5) is 2.53. The summed E-state index contributed by atoms with van der Waals surface area (Å²) in [6.07, 6.45) is 15.8. The molecule has 2 heteroatoms. The third-order valence-corrected chi connectivity index (χ3v) is 12.0. The van der Waals surface area contributed by atoms with Crippen molar-refractivity contribution in [3.63, 3.8) is 0 Å². The van der Waals surface area contributed by atoms with Crippen molar-refractivity contribution < 1.29 is 0 Å². The molecule has 0 bridgehead atoms. The molecule has 2 unspecified atom stereocenters. The van der Waals surface area contributed by atoms with Crippen molar-refractivity contribution in [3.05, 3.63) is 174 Å². The first-order chi connectivity index (χ1) is 23.5. The van der Waals surface area contributed by atoms with Gasteiger partial charge in [-0.25, -0.2) is 0 Å². The highest BCUT2D eigenvalue weighted by Crippen LogP contribution is 2.51. The number of rotatable bonds is 5. The zero-order chi connectivity index (χ0) is 32.4. The van der Waals surface area contributed by atoms with Crippen molar-refractivity contribution in [1.29, 1.82) is 0 Å². The molecule has 2 atom stereocenters. The van der Waals surface area contributed by atoms with Crippen LogP contribution < -0.4 is 4.90 Å². The third kappa shape index (κ3) is 4.65. The fourth-order valence-electron chi connectivity index (χ4n) is 8.40. The minimum absolute atomic E-state index is 0.0554. The molecule has 234 valence electrons. The fourth-order valence-corrected chi connectivity index (χ4v) is 9.53. The van der Waals surface area contributed by atoms with Crippen LogP contribution in [0.4, 0.5) is 11.4 Å². The molecule has 0 radical (unpaired) electrons. The Morgan fingerprint density at radius 1 is 0.646 bits per heavy atom. The molecular weight excluding hydrogens is 599 g/mol. The molecule has 3 aliphatic carbocycles. The van der Waals surface area contributed by atoms with Gasteiger partial charge in [0.15, 0.2) is 0 Å². The highest BCUT2D eigenvalue weighted by Gasteiger charge is 2.36. The van der Waals surface area contributed by atoms with Crippen LogP contribution in [0, 0.1) is 5.92 Å². The van der Waals surface area contributed by atoms with E-state index < -0.39 is 0 Å². The number of allylic oxidation sites excluding steroid dienone is 8. The third-order valence-electron chi connectivity index (χ3n) is 10.9. The Morgan fingerprint density at radius 2 is 1.40 bits per heavy atom. The Hall–Kier alpha value is -4.92.